The third-order valence-corrected chi connectivity index (χ3v) is 4.99. The zero-order valence-corrected chi connectivity index (χ0v) is 17.3. The van der Waals surface area contributed by atoms with Crippen molar-refractivity contribution in [1.29, 1.82) is 0 Å². The number of nitro benzene ring substituents is 1. The summed E-state index contributed by atoms with van der Waals surface area (Å²) >= 11 is 6.12. The zero-order chi connectivity index (χ0) is 21.7. The molecule has 9 nitrogen and oxygen atoms in total. The predicted molar refractivity (Wildman–Crippen MR) is 110 cm³/mol. The number of carbonyl (C=O) groups is 1. The first-order valence-corrected chi connectivity index (χ1v) is 9.67. The van der Waals surface area contributed by atoms with Gasteiger partial charge in [0, 0.05) is 19.2 Å². The van der Waals surface area contributed by atoms with E-state index in [0.717, 1.165) is 11.4 Å². The fourth-order valence-corrected chi connectivity index (χ4v) is 3.00. The van der Waals surface area contributed by atoms with Crippen LogP contribution in [0, 0.1) is 24.0 Å². The van der Waals surface area contributed by atoms with Crippen LogP contribution in [0.2, 0.25) is 5.02 Å². The highest BCUT2D eigenvalue weighted by atomic mass is 35.5. The highest BCUT2D eigenvalue weighted by molar-refractivity contribution is 6.31. The van der Waals surface area contributed by atoms with E-state index in [4.69, 9.17) is 20.8 Å². The Morgan fingerprint density at radius 1 is 1.30 bits per heavy atom. The van der Waals surface area contributed by atoms with Crippen molar-refractivity contribution in [3.05, 3.63) is 74.4 Å². The first-order chi connectivity index (χ1) is 14.4. The van der Waals surface area contributed by atoms with E-state index in [0.29, 0.717) is 30.3 Å². The normalized spacial score (nSPS) is 10.8. The monoisotopic (exact) mass is 432 g/mol. The molecule has 10 heteroatoms. The number of amides is 1. The number of hydrogen-bond donors (Lipinski definition) is 1. The summed E-state index contributed by atoms with van der Waals surface area (Å²) in [6.07, 6.45) is 0.679. The van der Waals surface area contributed by atoms with Crippen molar-refractivity contribution in [2.75, 3.05) is 6.54 Å². The van der Waals surface area contributed by atoms with Gasteiger partial charge < -0.3 is 14.5 Å². The van der Waals surface area contributed by atoms with E-state index in [9.17, 15) is 14.9 Å². The highest BCUT2D eigenvalue weighted by Crippen LogP contribution is 2.26. The molecule has 158 valence electrons. The summed E-state index contributed by atoms with van der Waals surface area (Å²) in [6, 6.07) is 9.20. The number of ether oxygens (including phenoxy) is 1. The minimum Gasteiger partial charge on any atom is -0.479 e. The number of halogens is 1. The van der Waals surface area contributed by atoms with Crippen LogP contribution < -0.4 is 10.1 Å². The number of hydrogen-bond acceptors (Lipinski definition) is 6. The van der Waals surface area contributed by atoms with Gasteiger partial charge in [0.2, 0.25) is 0 Å². The number of furan rings is 1. The summed E-state index contributed by atoms with van der Waals surface area (Å²) in [4.78, 5) is 22.7. The van der Waals surface area contributed by atoms with Crippen molar-refractivity contribution in [3.8, 4) is 5.75 Å². The quantitative estimate of drug-likeness (QED) is 0.310. The fourth-order valence-electron chi connectivity index (χ4n) is 2.87. The number of nitrogens with one attached hydrogen (secondary N) is 1. The Hall–Kier alpha value is -3.33. The molecule has 1 N–H and O–H groups in total. The number of carbonyl (C=O) groups excluding carboxylic acids is 1. The molecular weight excluding hydrogens is 412 g/mol. The van der Waals surface area contributed by atoms with E-state index in [1.165, 1.54) is 18.2 Å². The molecule has 30 heavy (non-hydrogen) atoms. The van der Waals surface area contributed by atoms with Crippen LogP contribution in [0.15, 0.2) is 40.8 Å². The van der Waals surface area contributed by atoms with Gasteiger partial charge in [0.15, 0.2) is 11.5 Å². The van der Waals surface area contributed by atoms with Gasteiger partial charge in [0.05, 0.1) is 21.3 Å². The molecule has 0 aliphatic rings. The molecule has 1 amide bonds. The van der Waals surface area contributed by atoms with Crippen LogP contribution >= 0.6 is 11.6 Å². The summed E-state index contributed by atoms with van der Waals surface area (Å²) in [7, 11) is 0. The highest BCUT2D eigenvalue weighted by Gasteiger charge is 2.16. The molecule has 3 aromatic rings. The number of aromatic nitrogens is 2. The van der Waals surface area contributed by atoms with Crippen molar-refractivity contribution in [1.82, 2.24) is 15.1 Å². The maximum Gasteiger partial charge on any atom is 0.310 e. The average molecular weight is 433 g/mol. The number of benzene rings is 1. The van der Waals surface area contributed by atoms with Crippen LogP contribution in [0.25, 0.3) is 0 Å². The van der Waals surface area contributed by atoms with Crippen molar-refractivity contribution in [3.63, 3.8) is 0 Å². The Bertz CT molecular complexity index is 1060. The lowest BCUT2D eigenvalue weighted by atomic mass is 10.3. The molecule has 0 aliphatic carbocycles. The topological polar surface area (TPSA) is 112 Å². The second kappa shape index (κ2) is 9.45. The molecule has 0 aliphatic heterocycles. The van der Waals surface area contributed by atoms with Gasteiger partial charge in [0.25, 0.3) is 5.91 Å². The summed E-state index contributed by atoms with van der Waals surface area (Å²) in [6.45, 7) is 4.79. The van der Waals surface area contributed by atoms with Crippen LogP contribution in [-0.2, 0) is 13.2 Å². The minimum absolute atomic E-state index is 0.0309. The van der Waals surface area contributed by atoms with Crippen molar-refractivity contribution < 1.29 is 18.9 Å². The first kappa shape index (κ1) is 21.4. The van der Waals surface area contributed by atoms with E-state index in [-0.39, 0.29) is 29.7 Å². The lowest BCUT2D eigenvalue weighted by Crippen LogP contribution is -2.25. The van der Waals surface area contributed by atoms with E-state index >= 15 is 0 Å². The van der Waals surface area contributed by atoms with E-state index < -0.39 is 4.92 Å². The molecule has 0 saturated heterocycles. The van der Waals surface area contributed by atoms with E-state index in [1.54, 1.807) is 18.2 Å². The standard InChI is InChI=1S/C20H21ClN4O5/c1-13-19(21)14(2)24(23-13)11-5-10-22-20(26)18-9-8-15(30-18)12-29-17-7-4-3-6-16(17)25(27)28/h3-4,6-9H,5,10-12H2,1-2H3,(H,22,26). The summed E-state index contributed by atoms with van der Waals surface area (Å²) in [5, 5.41) is 18.8. The van der Waals surface area contributed by atoms with Crippen molar-refractivity contribution >= 4 is 23.2 Å². The summed E-state index contributed by atoms with van der Waals surface area (Å²) in [5.74, 6) is 0.313. The Balaban J connectivity index is 1.48. The van der Waals surface area contributed by atoms with Gasteiger partial charge in [0.1, 0.15) is 12.4 Å². The SMILES string of the molecule is Cc1nn(CCCNC(=O)c2ccc(COc3ccccc3[N+](=O)[O-])o2)c(C)c1Cl. The molecule has 2 aromatic heterocycles. The largest absolute Gasteiger partial charge is 0.479 e. The maximum absolute atomic E-state index is 12.2. The summed E-state index contributed by atoms with van der Waals surface area (Å²) in [5.41, 5.74) is 1.55. The second-order valence-corrected chi connectivity index (χ2v) is 6.97. The lowest BCUT2D eigenvalue weighted by molar-refractivity contribution is -0.386. The Morgan fingerprint density at radius 2 is 2.07 bits per heavy atom. The minimum atomic E-state index is -0.518. The van der Waals surface area contributed by atoms with Gasteiger partial charge in [-0.3, -0.25) is 19.6 Å². The molecule has 2 heterocycles. The number of nitrogens with zero attached hydrogens (tertiary/aromatic N) is 3. The Kier molecular flexibility index (Phi) is 6.73. The Morgan fingerprint density at radius 3 is 2.77 bits per heavy atom. The number of nitro groups is 1. The third-order valence-electron chi connectivity index (χ3n) is 4.44. The smallest absolute Gasteiger partial charge is 0.310 e. The Labute approximate surface area is 177 Å². The zero-order valence-electron chi connectivity index (χ0n) is 16.6. The molecule has 0 fully saturated rings. The maximum atomic E-state index is 12.2. The molecule has 0 radical (unpaired) electrons. The van der Waals surface area contributed by atoms with E-state index in [2.05, 4.69) is 10.4 Å². The van der Waals surface area contributed by atoms with Crippen molar-refractivity contribution in [2.24, 2.45) is 0 Å². The van der Waals surface area contributed by atoms with Crippen LogP contribution in [0.3, 0.4) is 0 Å². The number of rotatable bonds is 9. The second-order valence-electron chi connectivity index (χ2n) is 6.60. The van der Waals surface area contributed by atoms with Gasteiger partial charge in [-0.2, -0.15) is 5.10 Å². The van der Waals surface area contributed by atoms with Crippen LogP contribution in [0.1, 0.15) is 34.1 Å². The molecule has 0 spiro atoms. The molecule has 1 aromatic carbocycles. The lowest BCUT2D eigenvalue weighted by Gasteiger charge is -2.06. The summed E-state index contributed by atoms with van der Waals surface area (Å²) < 4.78 is 12.8. The van der Waals surface area contributed by atoms with Crippen molar-refractivity contribution in [2.45, 2.75) is 33.4 Å². The van der Waals surface area contributed by atoms with Crippen LogP contribution in [0.4, 0.5) is 5.69 Å². The van der Waals surface area contributed by atoms with Crippen LogP contribution in [0.5, 0.6) is 5.75 Å². The van der Waals surface area contributed by atoms with E-state index in [1.807, 2.05) is 18.5 Å². The predicted octanol–water partition coefficient (Wildman–Crippen LogP) is 4.05. The molecule has 0 atom stereocenters. The van der Waals surface area contributed by atoms with Gasteiger partial charge in [-0.1, -0.05) is 23.7 Å². The average Bonchev–Trinajstić information content (AvgIpc) is 3.30. The number of para-hydroxylation sites is 2. The molecular formula is C20H21ClN4O5. The van der Waals surface area contributed by atoms with Crippen LogP contribution in [-0.4, -0.2) is 27.2 Å². The number of aryl methyl sites for hydroxylation is 2. The van der Waals surface area contributed by atoms with Gasteiger partial charge in [-0.15, -0.1) is 0 Å². The molecule has 0 bridgehead atoms. The van der Waals surface area contributed by atoms with Gasteiger partial charge in [-0.25, -0.2) is 0 Å². The third kappa shape index (κ3) is 4.98. The fraction of sp³-hybridized carbons (Fsp3) is 0.300. The molecule has 3 rings (SSSR count). The molecule has 0 unspecified atom stereocenters. The first-order valence-electron chi connectivity index (χ1n) is 9.29. The molecule has 0 saturated carbocycles. The van der Waals surface area contributed by atoms with Gasteiger partial charge >= 0.3 is 5.69 Å². The van der Waals surface area contributed by atoms with Gasteiger partial charge in [-0.05, 0) is 38.5 Å².